The van der Waals surface area contributed by atoms with Crippen LogP contribution < -0.4 is 0 Å². The van der Waals surface area contributed by atoms with Crippen LogP contribution in [0.4, 0.5) is 0 Å². The van der Waals surface area contributed by atoms with Crippen LogP contribution in [0.2, 0.25) is 0 Å². The number of amides is 1. The van der Waals surface area contributed by atoms with Crippen LogP contribution in [-0.4, -0.2) is 35.1 Å². The van der Waals surface area contributed by atoms with Gasteiger partial charge < -0.3 is 10.0 Å². The van der Waals surface area contributed by atoms with Crippen molar-refractivity contribution in [2.75, 3.05) is 13.2 Å². The molecule has 1 fully saturated rings. The molecule has 15 heavy (non-hydrogen) atoms. The number of carbonyl (C=O) groups is 1. The van der Waals surface area contributed by atoms with E-state index in [1.165, 1.54) is 0 Å². The van der Waals surface area contributed by atoms with Gasteiger partial charge in [-0.2, -0.15) is 0 Å². The van der Waals surface area contributed by atoms with Gasteiger partial charge in [0, 0.05) is 25.6 Å². The molecular formula is C12H21NO2. The minimum atomic E-state index is 0.227. The smallest absolute Gasteiger partial charge is 0.223 e. The molecule has 1 unspecified atom stereocenters. The Morgan fingerprint density at radius 2 is 2.40 bits per heavy atom. The molecule has 0 aromatic rings. The van der Waals surface area contributed by atoms with Crippen molar-refractivity contribution in [2.24, 2.45) is 0 Å². The number of carbonyl (C=O) groups excluding carboxylic acids is 1. The molecule has 1 atom stereocenters. The van der Waals surface area contributed by atoms with E-state index in [1.807, 2.05) is 4.90 Å². The lowest BCUT2D eigenvalue weighted by Crippen LogP contribution is -2.35. The molecule has 1 N–H and O–H groups in total. The second kappa shape index (κ2) is 6.62. The molecule has 1 amide bonds. The molecule has 1 aliphatic heterocycles. The van der Waals surface area contributed by atoms with Crippen LogP contribution in [-0.2, 0) is 4.79 Å². The van der Waals surface area contributed by atoms with Gasteiger partial charge in [-0.1, -0.05) is 6.08 Å². The van der Waals surface area contributed by atoms with Crippen LogP contribution in [0.3, 0.4) is 0 Å². The Hall–Kier alpha value is -0.830. The maximum Gasteiger partial charge on any atom is 0.223 e. The van der Waals surface area contributed by atoms with Crippen molar-refractivity contribution >= 4 is 5.91 Å². The fraction of sp³-hybridized carbons (Fsp3) is 0.750. The van der Waals surface area contributed by atoms with Gasteiger partial charge in [-0.25, -0.2) is 0 Å². The molecule has 0 aromatic carbocycles. The maximum atomic E-state index is 11.8. The summed E-state index contributed by atoms with van der Waals surface area (Å²) in [6.45, 7) is 4.75. The third-order valence-electron chi connectivity index (χ3n) is 2.96. The van der Waals surface area contributed by atoms with Crippen LogP contribution in [0.15, 0.2) is 12.7 Å². The number of aliphatic hydroxyl groups is 1. The summed E-state index contributed by atoms with van der Waals surface area (Å²) in [5.41, 5.74) is 0. The Bertz CT molecular complexity index is 216. The van der Waals surface area contributed by atoms with E-state index in [4.69, 9.17) is 5.11 Å². The summed E-state index contributed by atoms with van der Waals surface area (Å²) in [6.07, 6.45) is 7.08. The number of allylic oxidation sites excluding steroid dienone is 1. The Kier molecular flexibility index (Phi) is 5.40. The monoisotopic (exact) mass is 211 g/mol. The lowest BCUT2D eigenvalue weighted by Gasteiger charge is -2.24. The highest BCUT2D eigenvalue weighted by atomic mass is 16.3. The van der Waals surface area contributed by atoms with Gasteiger partial charge in [-0.3, -0.25) is 4.79 Å². The first-order valence-electron chi connectivity index (χ1n) is 5.80. The molecular weight excluding hydrogens is 190 g/mol. The van der Waals surface area contributed by atoms with Crippen LogP contribution in [0.5, 0.6) is 0 Å². The van der Waals surface area contributed by atoms with Gasteiger partial charge in [0.1, 0.15) is 0 Å². The standard InChI is InChI=1S/C12H21NO2/c1-2-3-8-12(15)13-9-4-6-11(13)7-5-10-14/h2,11,14H,1,3-10H2. The normalized spacial score (nSPS) is 20.6. The third kappa shape index (κ3) is 3.67. The van der Waals surface area contributed by atoms with Crippen molar-refractivity contribution in [3.8, 4) is 0 Å². The average molecular weight is 211 g/mol. The highest BCUT2D eigenvalue weighted by Gasteiger charge is 2.27. The number of nitrogens with zero attached hydrogens (tertiary/aromatic N) is 1. The minimum absolute atomic E-state index is 0.227. The third-order valence-corrected chi connectivity index (χ3v) is 2.96. The highest BCUT2D eigenvalue weighted by Crippen LogP contribution is 2.22. The van der Waals surface area contributed by atoms with Gasteiger partial charge in [0.25, 0.3) is 0 Å². The zero-order chi connectivity index (χ0) is 11.1. The minimum Gasteiger partial charge on any atom is -0.396 e. The van der Waals surface area contributed by atoms with Gasteiger partial charge in [0.2, 0.25) is 5.91 Å². The lowest BCUT2D eigenvalue weighted by atomic mass is 10.1. The van der Waals surface area contributed by atoms with E-state index >= 15 is 0 Å². The van der Waals surface area contributed by atoms with Crippen molar-refractivity contribution in [3.05, 3.63) is 12.7 Å². The SMILES string of the molecule is C=CCCC(=O)N1CCCC1CCCO. The van der Waals surface area contributed by atoms with Gasteiger partial charge >= 0.3 is 0 Å². The Morgan fingerprint density at radius 3 is 3.07 bits per heavy atom. The molecule has 1 saturated heterocycles. The topological polar surface area (TPSA) is 40.5 Å². The Balaban J connectivity index is 2.37. The van der Waals surface area contributed by atoms with Crippen LogP contribution in [0.1, 0.15) is 38.5 Å². The van der Waals surface area contributed by atoms with E-state index in [1.54, 1.807) is 6.08 Å². The molecule has 0 bridgehead atoms. The second-order valence-corrected chi connectivity index (χ2v) is 4.08. The molecule has 0 radical (unpaired) electrons. The zero-order valence-electron chi connectivity index (χ0n) is 9.32. The predicted octanol–water partition coefficient (Wildman–Crippen LogP) is 1.72. The van der Waals surface area contributed by atoms with Crippen molar-refractivity contribution in [1.29, 1.82) is 0 Å². The summed E-state index contributed by atoms with van der Waals surface area (Å²) < 4.78 is 0. The fourth-order valence-corrected chi connectivity index (χ4v) is 2.16. The average Bonchev–Trinajstić information content (AvgIpc) is 2.71. The molecule has 1 rings (SSSR count). The maximum absolute atomic E-state index is 11.8. The van der Waals surface area contributed by atoms with Crippen molar-refractivity contribution in [2.45, 2.75) is 44.6 Å². The Morgan fingerprint density at radius 1 is 1.60 bits per heavy atom. The summed E-state index contributed by atoms with van der Waals surface area (Å²) in [5.74, 6) is 0.246. The predicted molar refractivity (Wildman–Crippen MR) is 60.5 cm³/mol. The number of hydrogen-bond donors (Lipinski definition) is 1. The van der Waals surface area contributed by atoms with E-state index in [0.29, 0.717) is 12.5 Å². The molecule has 1 heterocycles. The zero-order valence-corrected chi connectivity index (χ0v) is 9.32. The van der Waals surface area contributed by atoms with Crippen molar-refractivity contribution in [1.82, 2.24) is 4.90 Å². The molecule has 86 valence electrons. The first-order valence-corrected chi connectivity index (χ1v) is 5.80. The number of hydrogen-bond acceptors (Lipinski definition) is 2. The van der Waals surface area contributed by atoms with Crippen LogP contribution in [0, 0.1) is 0 Å². The van der Waals surface area contributed by atoms with Crippen molar-refractivity contribution in [3.63, 3.8) is 0 Å². The summed E-state index contributed by atoms with van der Waals surface area (Å²) >= 11 is 0. The molecule has 0 spiro atoms. The summed E-state index contributed by atoms with van der Waals surface area (Å²) in [7, 11) is 0. The van der Waals surface area contributed by atoms with Crippen LogP contribution in [0.25, 0.3) is 0 Å². The van der Waals surface area contributed by atoms with Gasteiger partial charge in [-0.15, -0.1) is 6.58 Å². The molecule has 3 heteroatoms. The molecule has 0 aromatic heterocycles. The number of rotatable bonds is 6. The first-order chi connectivity index (χ1) is 7.29. The summed E-state index contributed by atoms with van der Waals surface area (Å²) in [6, 6.07) is 0.370. The van der Waals surface area contributed by atoms with E-state index in [2.05, 4.69) is 6.58 Å². The number of aliphatic hydroxyl groups excluding tert-OH is 1. The van der Waals surface area contributed by atoms with Crippen molar-refractivity contribution < 1.29 is 9.90 Å². The largest absolute Gasteiger partial charge is 0.396 e. The summed E-state index contributed by atoms with van der Waals surface area (Å²) in [4.78, 5) is 13.8. The van der Waals surface area contributed by atoms with Gasteiger partial charge in [-0.05, 0) is 32.1 Å². The molecule has 3 nitrogen and oxygen atoms in total. The lowest BCUT2D eigenvalue weighted by molar-refractivity contribution is -0.132. The van der Waals surface area contributed by atoms with E-state index in [-0.39, 0.29) is 12.5 Å². The summed E-state index contributed by atoms with van der Waals surface area (Å²) in [5, 5.41) is 8.78. The van der Waals surface area contributed by atoms with Crippen LogP contribution >= 0.6 is 0 Å². The van der Waals surface area contributed by atoms with E-state index in [9.17, 15) is 4.79 Å². The second-order valence-electron chi connectivity index (χ2n) is 4.08. The first kappa shape index (κ1) is 12.2. The Labute approximate surface area is 91.8 Å². The van der Waals surface area contributed by atoms with Gasteiger partial charge in [0.05, 0.1) is 0 Å². The highest BCUT2D eigenvalue weighted by molar-refractivity contribution is 5.76. The van der Waals surface area contributed by atoms with Gasteiger partial charge in [0.15, 0.2) is 0 Å². The molecule has 0 saturated carbocycles. The molecule has 0 aliphatic carbocycles. The quantitative estimate of drug-likeness (QED) is 0.679. The number of likely N-dealkylation sites (tertiary alicyclic amines) is 1. The van der Waals surface area contributed by atoms with E-state index in [0.717, 1.165) is 38.6 Å². The molecule has 1 aliphatic rings. The van der Waals surface area contributed by atoms with E-state index < -0.39 is 0 Å². The fourth-order valence-electron chi connectivity index (χ4n) is 2.16.